The summed E-state index contributed by atoms with van der Waals surface area (Å²) in [5.41, 5.74) is 0. The summed E-state index contributed by atoms with van der Waals surface area (Å²) in [6.45, 7) is 0. The smallest absolute Gasteiger partial charge is 0.316 e. The fourth-order valence-electron chi connectivity index (χ4n) is 2.03. The van der Waals surface area contributed by atoms with Crippen LogP contribution in [0.5, 0.6) is 0 Å². The molecule has 17 heavy (non-hydrogen) atoms. The summed E-state index contributed by atoms with van der Waals surface area (Å²) >= 11 is 0. The van der Waals surface area contributed by atoms with Gasteiger partial charge in [-0.2, -0.15) is 0 Å². The summed E-state index contributed by atoms with van der Waals surface area (Å²) in [5.74, 6) is -6.92. The van der Waals surface area contributed by atoms with Gasteiger partial charge in [0.05, 0.1) is 0 Å². The third-order valence-electron chi connectivity index (χ3n) is 2.84. The molecule has 1 N–H and O–H groups in total. The first-order valence-electron chi connectivity index (χ1n) is 5.10. The first-order chi connectivity index (χ1) is 7.97. The van der Waals surface area contributed by atoms with Gasteiger partial charge in [0, 0.05) is 12.8 Å². The van der Waals surface area contributed by atoms with Crippen molar-refractivity contribution in [3.05, 3.63) is 24.3 Å². The van der Waals surface area contributed by atoms with Gasteiger partial charge in [0.15, 0.2) is 0 Å². The van der Waals surface area contributed by atoms with Gasteiger partial charge in [-0.05, 0) is 6.08 Å². The lowest BCUT2D eigenvalue weighted by Gasteiger charge is -2.35. The number of carboxylic acids is 1. The zero-order valence-electron chi connectivity index (χ0n) is 8.80. The number of likely N-dealkylation sites (tertiary alicyclic amines) is 1. The third kappa shape index (κ3) is 1.65. The van der Waals surface area contributed by atoms with E-state index in [1.165, 1.54) is 12.2 Å². The van der Waals surface area contributed by atoms with E-state index >= 15 is 0 Å². The number of carbonyl (C=O) groups excluding carboxylic acids is 2. The van der Waals surface area contributed by atoms with E-state index in [0.717, 1.165) is 12.2 Å². The van der Waals surface area contributed by atoms with Crippen LogP contribution < -0.4 is 0 Å². The number of carbonyl (C=O) groups is 3. The fourth-order valence-corrected chi connectivity index (χ4v) is 2.03. The second-order valence-electron chi connectivity index (χ2n) is 3.91. The number of hydrogen-bond acceptors (Lipinski definition) is 3. The van der Waals surface area contributed by atoms with E-state index in [9.17, 15) is 18.8 Å². The highest BCUT2D eigenvalue weighted by Crippen LogP contribution is 2.36. The lowest BCUT2D eigenvalue weighted by Crippen LogP contribution is -2.54. The Hall–Kier alpha value is -1.98. The molecule has 2 rings (SSSR count). The largest absolute Gasteiger partial charge is 0.481 e. The SMILES string of the molecule is O=C(O)C1C=CC=CC1(F)N1C(=O)CCC1=O. The highest BCUT2D eigenvalue weighted by molar-refractivity contribution is 6.03. The Morgan fingerprint density at radius 3 is 2.47 bits per heavy atom. The van der Waals surface area contributed by atoms with Gasteiger partial charge in [-0.1, -0.05) is 18.2 Å². The van der Waals surface area contributed by atoms with Crippen LogP contribution in [0, 0.1) is 5.92 Å². The molecule has 0 radical (unpaired) electrons. The molecule has 1 heterocycles. The van der Waals surface area contributed by atoms with E-state index in [-0.39, 0.29) is 12.8 Å². The van der Waals surface area contributed by atoms with Crippen LogP contribution in [0.4, 0.5) is 4.39 Å². The molecule has 0 saturated carbocycles. The number of alkyl halides is 1. The standard InChI is InChI=1S/C11H10FNO4/c12-11(13-8(14)4-5-9(13)15)6-2-1-3-7(11)10(16)17/h1-3,6-7H,4-5H2,(H,16,17). The molecular weight excluding hydrogens is 229 g/mol. The molecule has 90 valence electrons. The van der Waals surface area contributed by atoms with Crippen molar-refractivity contribution in [2.75, 3.05) is 0 Å². The molecule has 1 fully saturated rings. The maximum Gasteiger partial charge on any atom is 0.316 e. The van der Waals surface area contributed by atoms with Gasteiger partial charge < -0.3 is 5.11 Å². The van der Waals surface area contributed by atoms with E-state index < -0.39 is 29.5 Å². The number of hydrogen-bond donors (Lipinski definition) is 1. The summed E-state index contributed by atoms with van der Waals surface area (Å²) in [7, 11) is 0. The maximum atomic E-state index is 14.7. The minimum Gasteiger partial charge on any atom is -0.481 e. The summed E-state index contributed by atoms with van der Waals surface area (Å²) < 4.78 is 14.7. The van der Waals surface area contributed by atoms with Gasteiger partial charge in [-0.15, -0.1) is 0 Å². The van der Waals surface area contributed by atoms with Crippen LogP contribution in [0.25, 0.3) is 0 Å². The second kappa shape index (κ2) is 3.80. The predicted octanol–water partition coefficient (Wildman–Crippen LogP) is 0.628. The number of rotatable bonds is 2. The van der Waals surface area contributed by atoms with Crippen LogP contribution >= 0.6 is 0 Å². The molecule has 0 aromatic heterocycles. The molecule has 0 spiro atoms. The molecule has 1 aliphatic carbocycles. The van der Waals surface area contributed by atoms with Crippen LogP contribution in [0.15, 0.2) is 24.3 Å². The first kappa shape index (κ1) is 11.5. The third-order valence-corrected chi connectivity index (χ3v) is 2.84. The van der Waals surface area contributed by atoms with Gasteiger partial charge in [-0.25, -0.2) is 9.29 Å². The number of carboxylic acid groups (broad SMARTS) is 1. The van der Waals surface area contributed by atoms with Crippen molar-refractivity contribution in [3.63, 3.8) is 0 Å². The minimum absolute atomic E-state index is 0.0750. The Bertz CT molecular complexity index is 440. The Labute approximate surface area is 96.2 Å². The predicted molar refractivity (Wildman–Crippen MR) is 54.3 cm³/mol. The lowest BCUT2D eigenvalue weighted by molar-refractivity contribution is -0.160. The monoisotopic (exact) mass is 239 g/mol. The normalized spacial score (nSPS) is 32.3. The van der Waals surface area contributed by atoms with Gasteiger partial charge in [0.1, 0.15) is 5.92 Å². The van der Waals surface area contributed by atoms with Crippen molar-refractivity contribution in [1.82, 2.24) is 4.90 Å². The van der Waals surface area contributed by atoms with Crippen molar-refractivity contribution in [1.29, 1.82) is 0 Å². The zero-order valence-corrected chi connectivity index (χ0v) is 8.80. The van der Waals surface area contributed by atoms with E-state index in [4.69, 9.17) is 5.11 Å². The Morgan fingerprint density at radius 2 is 1.94 bits per heavy atom. The van der Waals surface area contributed by atoms with E-state index in [2.05, 4.69) is 0 Å². The molecule has 2 unspecified atom stereocenters. The summed E-state index contributed by atoms with van der Waals surface area (Å²) in [4.78, 5) is 34.3. The Balaban J connectivity index is 2.43. The molecule has 1 aliphatic heterocycles. The quantitative estimate of drug-likeness (QED) is 0.566. The van der Waals surface area contributed by atoms with E-state index in [1.807, 2.05) is 0 Å². The van der Waals surface area contributed by atoms with Gasteiger partial charge in [0.25, 0.3) is 0 Å². The minimum atomic E-state index is -2.59. The first-order valence-corrected chi connectivity index (χ1v) is 5.10. The van der Waals surface area contributed by atoms with Crippen LogP contribution in [-0.4, -0.2) is 33.6 Å². The zero-order chi connectivity index (χ0) is 12.6. The summed E-state index contributed by atoms with van der Waals surface area (Å²) in [5, 5.41) is 8.93. The molecule has 2 amide bonds. The number of halogens is 1. The van der Waals surface area contributed by atoms with Gasteiger partial charge in [0.2, 0.25) is 17.6 Å². The number of allylic oxidation sites excluding steroid dienone is 2. The van der Waals surface area contributed by atoms with Crippen molar-refractivity contribution >= 4 is 17.8 Å². The van der Waals surface area contributed by atoms with Gasteiger partial charge in [-0.3, -0.25) is 14.4 Å². The van der Waals surface area contributed by atoms with Crippen LogP contribution in [0.3, 0.4) is 0 Å². The summed E-state index contributed by atoms with van der Waals surface area (Å²) in [6, 6.07) is 0. The number of amides is 2. The van der Waals surface area contributed by atoms with E-state index in [0.29, 0.717) is 4.90 Å². The molecule has 0 bridgehead atoms. The lowest BCUT2D eigenvalue weighted by atomic mass is 9.91. The molecule has 2 aliphatic rings. The van der Waals surface area contributed by atoms with Crippen molar-refractivity contribution < 1.29 is 23.9 Å². The fraction of sp³-hybridized carbons (Fsp3) is 0.364. The molecular formula is C11H10FNO4. The number of nitrogens with zero attached hydrogens (tertiary/aromatic N) is 1. The topological polar surface area (TPSA) is 74.7 Å². The highest BCUT2D eigenvalue weighted by atomic mass is 19.1. The molecule has 1 saturated heterocycles. The molecule has 6 heteroatoms. The summed E-state index contributed by atoms with van der Waals surface area (Å²) in [6.07, 6.45) is 4.58. The van der Waals surface area contributed by atoms with Crippen LogP contribution in [0.2, 0.25) is 0 Å². The molecule has 0 aromatic carbocycles. The highest BCUT2D eigenvalue weighted by Gasteiger charge is 2.53. The van der Waals surface area contributed by atoms with Crippen molar-refractivity contribution in [2.24, 2.45) is 5.92 Å². The number of aliphatic carboxylic acids is 1. The average Bonchev–Trinajstić information content (AvgIpc) is 2.59. The Morgan fingerprint density at radius 1 is 1.35 bits per heavy atom. The molecule has 0 aromatic rings. The molecule has 2 atom stereocenters. The van der Waals surface area contributed by atoms with Crippen LogP contribution in [0.1, 0.15) is 12.8 Å². The van der Waals surface area contributed by atoms with Crippen molar-refractivity contribution in [2.45, 2.75) is 18.6 Å². The van der Waals surface area contributed by atoms with Gasteiger partial charge >= 0.3 is 5.97 Å². The van der Waals surface area contributed by atoms with Crippen LogP contribution in [-0.2, 0) is 14.4 Å². The second-order valence-corrected chi connectivity index (χ2v) is 3.91. The van der Waals surface area contributed by atoms with E-state index in [1.54, 1.807) is 0 Å². The van der Waals surface area contributed by atoms with Crippen molar-refractivity contribution in [3.8, 4) is 0 Å². The molecule has 5 nitrogen and oxygen atoms in total. The maximum absolute atomic E-state index is 14.7. The Kier molecular flexibility index (Phi) is 2.57. The average molecular weight is 239 g/mol. The number of imide groups is 1.